The van der Waals surface area contributed by atoms with Gasteiger partial charge in [0.25, 0.3) is 0 Å². The van der Waals surface area contributed by atoms with Crippen LogP contribution < -0.4 is 10.1 Å². The fourth-order valence-electron chi connectivity index (χ4n) is 3.57. The van der Waals surface area contributed by atoms with E-state index in [-0.39, 0.29) is 24.8 Å². The molecule has 0 spiro atoms. The van der Waals surface area contributed by atoms with E-state index in [4.69, 9.17) is 4.74 Å². The molecular weight excluding hydrogens is 292 g/mol. The van der Waals surface area contributed by atoms with Gasteiger partial charge in [0, 0.05) is 26.1 Å². The van der Waals surface area contributed by atoms with Gasteiger partial charge in [-0.05, 0) is 43.2 Å². The van der Waals surface area contributed by atoms with Crippen LogP contribution in [0.25, 0.3) is 0 Å². The van der Waals surface area contributed by atoms with E-state index in [0.29, 0.717) is 12.5 Å². The molecular formula is C18H26N2O3. The third kappa shape index (κ3) is 3.78. The highest BCUT2D eigenvalue weighted by Crippen LogP contribution is 2.28. The first-order valence-electron chi connectivity index (χ1n) is 8.53. The Morgan fingerprint density at radius 3 is 2.74 bits per heavy atom. The van der Waals surface area contributed by atoms with Crippen LogP contribution in [-0.2, 0) is 6.42 Å². The lowest BCUT2D eigenvalue weighted by atomic mass is 9.86. The third-order valence-electron chi connectivity index (χ3n) is 5.14. The van der Waals surface area contributed by atoms with E-state index in [1.54, 1.807) is 0 Å². The molecule has 2 aliphatic rings. The zero-order chi connectivity index (χ0) is 16.2. The predicted molar refractivity (Wildman–Crippen MR) is 88.6 cm³/mol. The molecule has 1 unspecified atom stereocenters. The highest BCUT2D eigenvalue weighted by Gasteiger charge is 2.27. The molecule has 1 fully saturated rings. The number of rotatable bonds is 4. The fourth-order valence-corrected chi connectivity index (χ4v) is 3.57. The second-order valence-electron chi connectivity index (χ2n) is 6.71. The van der Waals surface area contributed by atoms with Crippen LogP contribution in [0.2, 0.25) is 0 Å². The number of nitrogens with one attached hydrogen (secondary N) is 1. The largest absolute Gasteiger partial charge is 0.488 e. The Hall–Kier alpha value is -1.75. The molecule has 5 heteroatoms. The van der Waals surface area contributed by atoms with E-state index in [2.05, 4.69) is 11.4 Å². The Morgan fingerprint density at radius 1 is 1.30 bits per heavy atom. The van der Waals surface area contributed by atoms with Crippen molar-refractivity contribution in [2.24, 2.45) is 5.92 Å². The molecule has 2 N–H and O–H groups in total. The number of hydrogen-bond acceptors (Lipinski definition) is 3. The Kier molecular flexibility index (Phi) is 5.06. The first kappa shape index (κ1) is 16.1. The lowest BCUT2D eigenvalue weighted by molar-refractivity contribution is 0.131. The van der Waals surface area contributed by atoms with Crippen LogP contribution >= 0.6 is 0 Å². The van der Waals surface area contributed by atoms with Gasteiger partial charge in [0.05, 0.1) is 6.54 Å². The summed E-state index contributed by atoms with van der Waals surface area (Å²) in [6.07, 6.45) is 4.82. The Morgan fingerprint density at radius 2 is 2.04 bits per heavy atom. The molecule has 1 atom stereocenters. The van der Waals surface area contributed by atoms with E-state index in [1.807, 2.05) is 30.1 Å². The number of urea groups is 1. The maximum atomic E-state index is 12.3. The molecule has 1 aliphatic carbocycles. The van der Waals surface area contributed by atoms with E-state index >= 15 is 0 Å². The lowest BCUT2D eigenvalue weighted by Gasteiger charge is -2.34. The summed E-state index contributed by atoms with van der Waals surface area (Å²) in [6, 6.07) is 8.28. The van der Waals surface area contributed by atoms with Gasteiger partial charge < -0.3 is 20.1 Å². The smallest absolute Gasteiger partial charge is 0.317 e. The number of fused-ring (bicyclic) bond motifs is 1. The van der Waals surface area contributed by atoms with Gasteiger partial charge in [-0.3, -0.25) is 0 Å². The normalized spacial score (nSPS) is 26.3. The molecule has 126 valence electrons. The average Bonchev–Trinajstić information content (AvgIpc) is 3.02. The molecule has 0 bridgehead atoms. The topological polar surface area (TPSA) is 61.8 Å². The van der Waals surface area contributed by atoms with Crippen molar-refractivity contribution in [3.8, 4) is 5.75 Å². The van der Waals surface area contributed by atoms with Crippen LogP contribution in [0.15, 0.2) is 24.3 Å². The van der Waals surface area contributed by atoms with Gasteiger partial charge in [-0.25, -0.2) is 4.79 Å². The number of carbonyl (C=O) groups excluding carboxylic acids is 1. The number of nitrogens with zero attached hydrogens (tertiary/aromatic N) is 1. The molecule has 0 saturated heterocycles. The predicted octanol–water partition coefficient (Wildman–Crippen LogP) is 2.18. The van der Waals surface area contributed by atoms with Gasteiger partial charge in [-0.15, -0.1) is 0 Å². The van der Waals surface area contributed by atoms with Crippen LogP contribution in [-0.4, -0.2) is 48.4 Å². The molecule has 0 aromatic heterocycles. The second-order valence-corrected chi connectivity index (χ2v) is 6.71. The maximum absolute atomic E-state index is 12.3. The maximum Gasteiger partial charge on any atom is 0.317 e. The summed E-state index contributed by atoms with van der Waals surface area (Å²) in [5.41, 5.74) is 1.21. The lowest BCUT2D eigenvalue weighted by Crippen LogP contribution is -2.47. The van der Waals surface area contributed by atoms with Crippen molar-refractivity contribution in [3.63, 3.8) is 0 Å². The number of ether oxygens (including phenoxy) is 1. The molecule has 5 nitrogen and oxygen atoms in total. The number of benzene rings is 1. The second kappa shape index (κ2) is 7.21. The molecule has 1 saturated carbocycles. The monoisotopic (exact) mass is 318 g/mol. The van der Waals surface area contributed by atoms with Crippen molar-refractivity contribution < 1.29 is 14.6 Å². The summed E-state index contributed by atoms with van der Waals surface area (Å²) < 4.78 is 5.85. The highest BCUT2D eigenvalue weighted by atomic mass is 16.5. The summed E-state index contributed by atoms with van der Waals surface area (Å²) in [5.74, 6) is 1.34. The summed E-state index contributed by atoms with van der Waals surface area (Å²) in [7, 11) is 1.86. The highest BCUT2D eigenvalue weighted by molar-refractivity contribution is 5.74. The molecule has 3 rings (SSSR count). The molecule has 1 aromatic carbocycles. The van der Waals surface area contributed by atoms with Crippen molar-refractivity contribution >= 4 is 6.03 Å². The Bertz CT molecular complexity index is 516. The quantitative estimate of drug-likeness (QED) is 0.894. The van der Waals surface area contributed by atoms with Gasteiger partial charge in [0.1, 0.15) is 11.9 Å². The molecule has 1 aliphatic heterocycles. The van der Waals surface area contributed by atoms with Crippen molar-refractivity contribution in [1.82, 2.24) is 10.2 Å². The summed E-state index contributed by atoms with van der Waals surface area (Å²) in [6.45, 7) is 0.798. The van der Waals surface area contributed by atoms with E-state index in [1.165, 1.54) is 5.56 Å². The van der Waals surface area contributed by atoms with Crippen molar-refractivity contribution in [2.45, 2.75) is 44.2 Å². The first-order valence-corrected chi connectivity index (χ1v) is 8.53. The third-order valence-corrected chi connectivity index (χ3v) is 5.14. The molecule has 1 aromatic rings. The van der Waals surface area contributed by atoms with Crippen LogP contribution in [0.1, 0.15) is 31.2 Å². The summed E-state index contributed by atoms with van der Waals surface area (Å²) >= 11 is 0. The van der Waals surface area contributed by atoms with Gasteiger partial charge in [0.15, 0.2) is 0 Å². The number of hydrogen-bond donors (Lipinski definition) is 2. The minimum atomic E-state index is -0.0306. The van der Waals surface area contributed by atoms with Crippen LogP contribution in [0.4, 0.5) is 4.79 Å². The molecule has 1 heterocycles. The van der Waals surface area contributed by atoms with Crippen molar-refractivity contribution in [2.75, 3.05) is 20.2 Å². The van der Waals surface area contributed by atoms with Gasteiger partial charge in [-0.2, -0.15) is 0 Å². The number of aliphatic hydroxyl groups is 1. The zero-order valence-corrected chi connectivity index (χ0v) is 13.7. The molecule has 2 amide bonds. The summed E-state index contributed by atoms with van der Waals surface area (Å²) in [4.78, 5) is 14.1. The molecule has 23 heavy (non-hydrogen) atoms. The zero-order valence-electron chi connectivity index (χ0n) is 13.7. The number of carbonyl (C=O) groups is 1. The van der Waals surface area contributed by atoms with Gasteiger partial charge >= 0.3 is 6.03 Å². The SMILES string of the molecule is CN(C(=O)NCC1Cc2ccccc2O1)C1CCC(CO)CC1. The van der Waals surface area contributed by atoms with Crippen LogP contribution in [0, 0.1) is 5.92 Å². The standard InChI is InChI=1S/C18H26N2O3/c1-20(15-8-6-13(12-21)7-9-15)18(22)19-11-16-10-14-4-2-3-5-17(14)23-16/h2-5,13,15-16,21H,6-12H2,1H3,(H,19,22). The molecule has 0 radical (unpaired) electrons. The van der Waals surface area contributed by atoms with Crippen LogP contribution in [0.5, 0.6) is 5.75 Å². The van der Waals surface area contributed by atoms with Gasteiger partial charge in [0.2, 0.25) is 0 Å². The Balaban J connectivity index is 1.43. The van der Waals surface area contributed by atoms with E-state index in [9.17, 15) is 9.90 Å². The van der Waals surface area contributed by atoms with Crippen LogP contribution in [0.3, 0.4) is 0 Å². The minimum Gasteiger partial charge on any atom is -0.488 e. The minimum absolute atomic E-state index is 0.0230. The summed E-state index contributed by atoms with van der Waals surface area (Å²) in [5, 5.41) is 12.2. The number of aliphatic hydroxyl groups excluding tert-OH is 1. The van der Waals surface area contributed by atoms with E-state index < -0.39 is 0 Å². The van der Waals surface area contributed by atoms with Gasteiger partial charge in [-0.1, -0.05) is 18.2 Å². The first-order chi connectivity index (χ1) is 11.2. The number of para-hydroxylation sites is 1. The van der Waals surface area contributed by atoms with Crippen molar-refractivity contribution in [3.05, 3.63) is 29.8 Å². The number of amides is 2. The average molecular weight is 318 g/mol. The van der Waals surface area contributed by atoms with Crippen molar-refractivity contribution in [1.29, 1.82) is 0 Å². The fraction of sp³-hybridized carbons (Fsp3) is 0.611. The Labute approximate surface area is 137 Å². The van der Waals surface area contributed by atoms with E-state index in [0.717, 1.165) is 37.9 Å².